The van der Waals surface area contributed by atoms with Crippen molar-refractivity contribution in [1.29, 1.82) is 0 Å². The number of rotatable bonds is 3. The average molecular weight is 170 g/mol. The Hall–Kier alpha value is -1.52. The first kappa shape index (κ1) is 8.58. The molecule has 0 atom stereocenters. The molecule has 1 aromatic rings. The summed E-state index contributed by atoms with van der Waals surface area (Å²) in [6, 6.07) is 0.329. The molecule has 0 saturated carbocycles. The molecular formula is C7H10N2O3. The molecule has 1 N–H and O–H groups in total. The van der Waals surface area contributed by atoms with Crippen molar-refractivity contribution >= 4 is 5.97 Å². The maximum Gasteiger partial charge on any atom is 0.354 e. The molecule has 1 heterocycles. The summed E-state index contributed by atoms with van der Waals surface area (Å²) in [6.45, 7) is 2.36. The van der Waals surface area contributed by atoms with E-state index in [0.29, 0.717) is 12.6 Å². The molecule has 0 unspecified atom stereocenters. The summed E-state index contributed by atoms with van der Waals surface area (Å²) >= 11 is 0. The lowest BCUT2D eigenvalue weighted by Gasteiger charge is -2.03. The molecule has 66 valence electrons. The highest BCUT2D eigenvalue weighted by molar-refractivity contribution is 5.85. The van der Waals surface area contributed by atoms with Gasteiger partial charge in [0.25, 0.3) is 6.01 Å². The summed E-state index contributed by atoms with van der Waals surface area (Å²) in [7, 11) is 1.46. The van der Waals surface area contributed by atoms with Gasteiger partial charge in [0, 0.05) is 6.54 Å². The molecule has 0 bridgehead atoms. The molecule has 0 aliphatic carbocycles. The van der Waals surface area contributed by atoms with Crippen LogP contribution in [0.5, 0.6) is 6.01 Å². The number of aromatic carboxylic acids is 1. The predicted molar refractivity (Wildman–Crippen MR) is 41.4 cm³/mol. The fourth-order valence-electron chi connectivity index (χ4n) is 0.998. The molecule has 0 aromatic carbocycles. The molecule has 0 aliphatic rings. The van der Waals surface area contributed by atoms with Gasteiger partial charge in [-0.25, -0.2) is 9.78 Å². The molecule has 0 saturated heterocycles. The fourth-order valence-corrected chi connectivity index (χ4v) is 0.998. The van der Waals surface area contributed by atoms with Gasteiger partial charge in [-0.3, -0.25) is 4.57 Å². The molecule has 0 fully saturated rings. The van der Waals surface area contributed by atoms with Crippen LogP contribution in [0.3, 0.4) is 0 Å². The van der Waals surface area contributed by atoms with Crippen molar-refractivity contribution in [3.63, 3.8) is 0 Å². The molecule has 1 aromatic heterocycles. The smallest absolute Gasteiger partial charge is 0.354 e. The lowest BCUT2D eigenvalue weighted by atomic mass is 10.5. The van der Waals surface area contributed by atoms with Gasteiger partial charge in [-0.05, 0) is 6.92 Å². The summed E-state index contributed by atoms with van der Waals surface area (Å²) in [5.74, 6) is -0.993. The number of methoxy groups -OCH3 is 1. The van der Waals surface area contributed by atoms with Gasteiger partial charge in [0.05, 0.1) is 13.3 Å². The van der Waals surface area contributed by atoms with Gasteiger partial charge in [0.15, 0.2) is 0 Å². The van der Waals surface area contributed by atoms with Crippen molar-refractivity contribution in [3.05, 3.63) is 11.9 Å². The summed E-state index contributed by atoms with van der Waals surface area (Å²) in [5.41, 5.74) is 0.148. The van der Waals surface area contributed by atoms with Crippen LogP contribution >= 0.6 is 0 Å². The molecule has 5 nitrogen and oxygen atoms in total. The minimum Gasteiger partial charge on any atom is -0.477 e. The van der Waals surface area contributed by atoms with Crippen molar-refractivity contribution in [2.75, 3.05) is 7.11 Å². The maximum absolute atomic E-state index is 10.6. The van der Waals surface area contributed by atoms with Crippen LogP contribution in [-0.4, -0.2) is 27.7 Å². The Kier molecular flexibility index (Phi) is 2.32. The van der Waals surface area contributed by atoms with E-state index in [1.54, 1.807) is 0 Å². The van der Waals surface area contributed by atoms with Crippen LogP contribution in [0.25, 0.3) is 0 Å². The first-order valence-electron chi connectivity index (χ1n) is 3.53. The van der Waals surface area contributed by atoms with Gasteiger partial charge in [-0.1, -0.05) is 0 Å². The predicted octanol–water partition coefficient (Wildman–Crippen LogP) is 0.610. The fraction of sp³-hybridized carbons (Fsp3) is 0.429. The lowest BCUT2D eigenvalue weighted by Crippen LogP contribution is -2.08. The molecule has 0 radical (unpaired) electrons. The third-order valence-corrected chi connectivity index (χ3v) is 1.54. The van der Waals surface area contributed by atoms with Gasteiger partial charge in [-0.2, -0.15) is 0 Å². The van der Waals surface area contributed by atoms with Gasteiger partial charge in [0.1, 0.15) is 5.69 Å². The van der Waals surface area contributed by atoms with E-state index in [1.165, 1.54) is 17.9 Å². The Bertz CT molecular complexity index is 293. The number of carbonyl (C=O) groups is 1. The van der Waals surface area contributed by atoms with Crippen LogP contribution in [0.2, 0.25) is 0 Å². The summed E-state index contributed by atoms with van der Waals surface area (Å²) in [4.78, 5) is 14.4. The Labute approximate surface area is 69.6 Å². The summed E-state index contributed by atoms with van der Waals surface area (Å²) < 4.78 is 6.34. The largest absolute Gasteiger partial charge is 0.477 e. The SMILES string of the molecule is CCn1c(C(=O)O)cnc1OC. The van der Waals surface area contributed by atoms with E-state index in [9.17, 15) is 4.79 Å². The van der Waals surface area contributed by atoms with E-state index in [4.69, 9.17) is 9.84 Å². The van der Waals surface area contributed by atoms with Crippen molar-refractivity contribution in [2.45, 2.75) is 13.5 Å². The van der Waals surface area contributed by atoms with Gasteiger partial charge in [0.2, 0.25) is 0 Å². The van der Waals surface area contributed by atoms with Crippen LogP contribution < -0.4 is 4.74 Å². The zero-order chi connectivity index (χ0) is 9.14. The summed E-state index contributed by atoms with van der Waals surface area (Å²) in [5, 5.41) is 8.69. The number of carboxylic acids is 1. The van der Waals surface area contributed by atoms with Gasteiger partial charge >= 0.3 is 5.97 Å². The Morgan fingerprint density at radius 1 is 1.83 bits per heavy atom. The standard InChI is InChI=1S/C7H10N2O3/c1-3-9-5(6(10)11)4-8-7(9)12-2/h4H,3H2,1-2H3,(H,10,11). The zero-order valence-electron chi connectivity index (χ0n) is 6.94. The van der Waals surface area contributed by atoms with Crippen molar-refractivity contribution in [2.24, 2.45) is 0 Å². The monoisotopic (exact) mass is 170 g/mol. The molecule has 0 aliphatic heterocycles. The third-order valence-electron chi connectivity index (χ3n) is 1.54. The Morgan fingerprint density at radius 2 is 2.50 bits per heavy atom. The summed E-state index contributed by atoms with van der Waals surface area (Å²) in [6.07, 6.45) is 1.28. The second-order valence-corrected chi connectivity index (χ2v) is 2.18. The number of hydrogen-bond donors (Lipinski definition) is 1. The second-order valence-electron chi connectivity index (χ2n) is 2.18. The van der Waals surface area contributed by atoms with Gasteiger partial charge < -0.3 is 9.84 Å². The van der Waals surface area contributed by atoms with E-state index < -0.39 is 5.97 Å². The average Bonchev–Trinajstić information content (AvgIpc) is 2.46. The zero-order valence-corrected chi connectivity index (χ0v) is 6.94. The van der Waals surface area contributed by atoms with Crippen LogP contribution in [-0.2, 0) is 6.54 Å². The van der Waals surface area contributed by atoms with E-state index in [0.717, 1.165) is 0 Å². The topological polar surface area (TPSA) is 64.4 Å². The molecule has 0 spiro atoms. The number of aromatic nitrogens is 2. The Balaban J connectivity index is 3.13. The highest BCUT2D eigenvalue weighted by Crippen LogP contribution is 2.11. The minimum atomic E-state index is -0.993. The highest BCUT2D eigenvalue weighted by atomic mass is 16.5. The number of imidazole rings is 1. The van der Waals surface area contributed by atoms with Gasteiger partial charge in [-0.15, -0.1) is 0 Å². The normalized spacial score (nSPS) is 9.83. The molecule has 5 heteroatoms. The highest BCUT2D eigenvalue weighted by Gasteiger charge is 2.13. The second kappa shape index (κ2) is 3.25. The molecule has 1 rings (SSSR count). The molecule has 0 amide bonds. The maximum atomic E-state index is 10.6. The quantitative estimate of drug-likeness (QED) is 0.721. The van der Waals surface area contributed by atoms with E-state index in [2.05, 4.69) is 4.98 Å². The lowest BCUT2D eigenvalue weighted by molar-refractivity contribution is 0.0684. The van der Waals surface area contributed by atoms with Crippen molar-refractivity contribution in [1.82, 2.24) is 9.55 Å². The molecule has 12 heavy (non-hydrogen) atoms. The number of ether oxygens (including phenoxy) is 1. The van der Waals surface area contributed by atoms with Crippen molar-refractivity contribution in [3.8, 4) is 6.01 Å². The van der Waals surface area contributed by atoms with E-state index in [-0.39, 0.29) is 5.69 Å². The minimum absolute atomic E-state index is 0.148. The number of carboxylic acid groups (broad SMARTS) is 1. The van der Waals surface area contributed by atoms with E-state index >= 15 is 0 Å². The number of hydrogen-bond acceptors (Lipinski definition) is 3. The first-order valence-corrected chi connectivity index (χ1v) is 3.53. The van der Waals surface area contributed by atoms with Crippen LogP contribution in [0.15, 0.2) is 6.20 Å². The number of nitrogens with zero attached hydrogens (tertiary/aromatic N) is 2. The van der Waals surface area contributed by atoms with Crippen LogP contribution in [0.1, 0.15) is 17.4 Å². The van der Waals surface area contributed by atoms with Crippen LogP contribution in [0, 0.1) is 0 Å². The molecular weight excluding hydrogens is 160 g/mol. The van der Waals surface area contributed by atoms with E-state index in [1.807, 2.05) is 6.92 Å². The van der Waals surface area contributed by atoms with Crippen LogP contribution in [0.4, 0.5) is 0 Å². The first-order chi connectivity index (χ1) is 5.70. The Morgan fingerprint density at radius 3 is 2.92 bits per heavy atom. The third kappa shape index (κ3) is 1.25. The van der Waals surface area contributed by atoms with Crippen molar-refractivity contribution < 1.29 is 14.6 Å².